The first-order chi connectivity index (χ1) is 51.6. The predicted molar refractivity (Wildman–Crippen MR) is 430 cm³/mol. The molecule has 0 bridgehead atoms. The van der Waals surface area contributed by atoms with Crippen molar-refractivity contribution < 1.29 is 17.7 Å². The van der Waals surface area contributed by atoms with Gasteiger partial charge in [0.05, 0.1) is 55.5 Å². The summed E-state index contributed by atoms with van der Waals surface area (Å²) in [7, 11) is 0. The quantitative estimate of drug-likeness (QED) is 0.166. The summed E-state index contributed by atoms with van der Waals surface area (Å²) in [5.41, 5.74) is 25.6. The summed E-state index contributed by atoms with van der Waals surface area (Å²) in [6, 6.07) is 121. The molecule has 0 fully saturated rings. The van der Waals surface area contributed by atoms with Crippen molar-refractivity contribution >= 4 is 175 Å². The fourth-order valence-electron chi connectivity index (χ4n) is 17.2. The van der Waals surface area contributed by atoms with E-state index in [4.69, 9.17) is 17.7 Å². The van der Waals surface area contributed by atoms with Gasteiger partial charge in [-0.05, 0) is 168 Å². The molecule has 0 amide bonds. The normalized spacial score (nSPS) is 12.2. The highest BCUT2D eigenvalue weighted by Gasteiger charge is 2.23. The van der Waals surface area contributed by atoms with E-state index in [9.17, 15) is 0 Å². The predicted octanol–water partition coefficient (Wildman–Crippen LogP) is 26.7. The Hall–Kier alpha value is -14.1. The maximum Gasteiger partial charge on any atom is 0.159 e. The number of furan rings is 4. The Kier molecular flexibility index (Phi) is 11.9. The average Bonchev–Trinajstić information content (AvgIpc) is 1.58. The van der Waals surface area contributed by atoms with Crippen LogP contribution in [-0.4, -0.2) is 18.3 Å². The fourth-order valence-corrected chi connectivity index (χ4v) is 17.2. The molecule has 0 aliphatic rings. The lowest BCUT2D eigenvalue weighted by atomic mass is 10.0. The maximum absolute atomic E-state index is 6.52. The summed E-state index contributed by atoms with van der Waals surface area (Å²) in [6.45, 7) is 0. The Bertz CT molecular complexity index is 7310. The van der Waals surface area contributed by atoms with Crippen LogP contribution < -0.4 is 0 Å². The van der Waals surface area contributed by atoms with Gasteiger partial charge in [-0.1, -0.05) is 194 Å². The van der Waals surface area contributed by atoms with Crippen LogP contribution in [0.5, 0.6) is 0 Å². The van der Waals surface area contributed by atoms with Crippen molar-refractivity contribution in [3.63, 3.8) is 0 Å². The van der Waals surface area contributed by atoms with E-state index in [1.807, 2.05) is 48.5 Å². The first-order valence-electron chi connectivity index (χ1n) is 35.4. The smallest absolute Gasteiger partial charge is 0.159 e. The molecule has 0 saturated heterocycles. The third-order valence-corrected chi connectivity index (χ3v) is 21.8. The first-order valence-corrected chi connectivity index (χ1v) is 35.4. The van der Waals surface area contributed by atoms with Crippen molar-refractivity contribution in [1.82, 2.24) is 18.3 Å². The number of aromatic nitrogens is 4. The lowest BCUT2D eigenvalue weighted by Crippen LogP contribution is -1.94. The van der Waals surface area contributed by atoms with Gasteiger partial charge < -0.3 is 35.9 Å². The Balaban J connectivity index is 0.000000127. The molecule has 8 nitrogen and oxygen atoms in total. The molecule has 0 aliphatic heterocycles. The monoisotopic (exact) mass is 1330 g/mol. The van der Waals surface area contributed by atoms with Crippen molar-refractivity contribution in [2.75, 3.05) is 0 Å². The first kappa shape index (κ1) is 56.8. The van der Waals surface area contributed by atoms with E-state index in [2.05, 4.69) is 309 Å². The van der Waals surface area contributed by atoms with Crippen molar-refractivity contribution in [2.45, 2.75) is 0 Å². The summed E-state index contributed by atoms with van der Waals surface area (Å²) in [6.07, 6.45) is 0. The van der Waals surface area contributed by atoms with Crippen molar-refractivity contribution in [2.24, 2.45) is 0 Å². The molecular formula is C96H56N4O4. The third-order valence-electron chi connectivity index (χ3n) is 21.8. The van der Waals surface area contributed by atoms with Crippen LogP contribution in [0.15, 0.2) is 357 Å². The minimum Gasteiger partial charge on any atom is -0.456 e. The minimum atomic E-state index is 0.899. The molecule has 8 aromatic heterocycles. The highest BCUT2D eigenvalue weighted by Crippen LogP contribution is 2.45. The largest absolute Gasteiger partial charge is 0.456 e. The van der Waals surface area contributed by atoms with Crippen LogP contribution in [0.4, 0.5) is 0 Å². The molecule has 0 atom stereocenters. The number of rotatable bonds is 6. The molecule has 8 heterocycles. The Morgan fingerprint density at radius 3 is 0.769 bits per heavy atom. The van der Waals surface area contributed by atoms with Gasteiger partial charge in [0.1, 0.15) is 33.5 Å². The molecule has 0 radical (unpaired) electrons. The van der Waals surface area contributed by atoms with Gasteiger partial charge in [-0.3, -0.25) is 0 Å². The topological polar surface area (TPSA) is 72.3 Å². The zero-order valence-electron chi connectivity index (χ0n) is 55.8. The van der Waals surface area contributed by atoms with Gasteiger partial charge in [0, 0.05) is 97.6 Å². The molecular weight excluding hydrogens is 1270 g/mol. The summed E-state index contributed by atoms with van der Waals surface area (Å²) < 4.78 is 34.8. The highest BCUT2D eigenvalue weighted by molar-refractivity contribution is 6.18. The van der Waals surface area contributed by atoms with Gasteiger partial charge in [-0.2, -0.15) is 0 Å². The van der Waals surface area contributed by atoms with Gasteiger partial charge in [-0.15, -0.1) is 0 Å². The van der Waals surface area contributed by atoms with Gasteiger partial charge in [0.25, 0.3) is 0 Å². The van der Waals surface area contributed by atoms with E-state index in [1.54, 1.807) is 0 Å². The highest BCUT2D eigenvalue weighted by atomic mass is 16.3. The molecule has 0 unspecified atom stereocenters. The van der Waals surface area contributed by atoms with Crippen molar-refractivity contribution in [3.05, 3.63) is 340 Å². The molecule has 8 heteroatoms. The van der Waals surface area contributed by atoms with Gasteiger partial charge in [-0.25, -0.2) is 0 Å². The average molecular weight is 1330 g/mol. The SMILES string of the molecule is c1ccc2c(c1)oc1c(-n3c4ccccc4c4cc(-c5ccc6c(c5)c5ccccc5n6-c5cccc6c5oc5ccccc56)ccc43)cccc12.c1ccc2c(c1)oc1ccc(-n3c4ccccc4c4cc(-c5ccc6c(c5)c5ccccc5n6-c5ccc6oc7ccccc7c6c5)ccc43)cc12. The van der Waals surface area contributed by atoms with Crippen LogP contribution in [0.3, 0.4) is 0 Å². The van der Waals surface area contributed by atoms with Gasteiger partial charge in [0.15, 0.2) is 11.2 Å². The van der Waals surface area contributed by atoms with Crippen LogP contribution in [0.2, 0.25) is 0 Å². The lowest BCUT2D eigenvalue weighted by Gasteiger charge is -2.10. The third kappa shape index (κ3) is 8.24. The van der Waals surface area contributed by atoms with Gasteiger partial charge in [0.2, 0.25) is 0 Å². The zero-order valence-corrected chi connectivity index (χ0v) is 55.8. The molecule has 0 aliphatic carbocycles. The van der Waals surface area contributed by atoms with Crippen molar-refractivity contribution in [1.29, 1.82) is 0 Å². The number of fused-ring (bicyclic) bond motifs is 24. The molecule has 484 valence electrons. The summed E-state index contributed by atoms with van der Waals surface area (Å²) in [5.74, 6) is 0. The van der Waals surface area contributed by atoms with E-state index < -0.39 is 0 Å². The number of hydrogen-bond acceptors (Lipinski definition) is 4. The molecule has 16 aromatic carbocycles. The Morgan fingerprint density at radius 1 is 0.154 bits per heavy atom. The second-order valence-corrected chi connectivity index (χ2v) is 27.4. The maximum atomic E-state index is 6.52. The molecule has 24 aromatic rings. The standard InChI is InChI=1S/2C48H28N2O2/c1-5-17-39-31(11-1)37-27-29(23-25-41(37)49(39)43-19-9-15-35-33-13-3-7-21-45(33)51-47(35)43)30-24-26-42-38(28-30)32-12-2-6-18-40(32)50(42)44-20-10-16-36-34-14-4-8-22-46(34)52-48(36)44;1-5-13-41-33(9-1)37-25-29(17-21-43(37)49(41)31-19-23-47-39(27-31)35-11-3-7-15-45(35)51-47)30-18-22-44-38(26-30)34-10-2-6-14-42(34)50(44)32-20-24-48-40(28-32)36-12-4-8-16-46(36)52-48/h2*1-28H. The Labute approximate surface area is 592 Å². The fraction of sp³-hybridized carbons (Fsp3) is 0. The van der Waals surface area contributed by atoms with Crippen LogP contribution >= 0.6 is 0 Å². The molecule has 0 spiro atoms. The van der Waals surface area contributed by atoms with Crippen LogP contribution in [0, 0.1) is 0 Å². The Morgan fingerprint density at radius 2 is 0.413 bits per heavy atom. The number of benzene rings is 16. The van der Waals surface area contributed by atoms with Crippen LogP contribution in [0.25, 0.3) is 220 Å². The lowest BCUT2D eigenvalue weighted by molar-refractivity contribution is 0.666. The van der Waals surface area contributed by atoms with Crippen molar-refractivity contribution in [3.8, 4) is 45.0 Å². The molecule has 24 rings (SSSR count). The van der Waals surface area contributed by atoms with E-state index >= 15 is 0 Å². The summed E-state index contributed by atoms with van der Waals surface area (Å²) >= 11 is 0. The number of nitrogens with zero attached hydrogens (tertiary/aromatic N) is 4. The number of hydrogen-bond donors (Lipinski definition) is 0. The van der Waals surface area contributed by atoms with Crippen LogP contribution in [0.1, 0.15) is 0 Å². The molecule has 0 N–H and O–H groups in total. The summed E-state index contributed by atoms with van der Waals surface area (Å²) in [5, 5.41) is 18.8. The van der Waals surface area contributed by atoms with E-state index in [1.165, 1.54) is 87.4 Å². The molecule has 0 saturated carbocycles. The number of para-hydroxylation sites is 10. The van der Waals surface area contributed by atoms with Crippen LogP contribution in [-0.2, 0) is 0 Å². The van der Waals surface area contributed by atoms with E-state index in [-0.39, 0.29) is 0 Å². The second-order valence-electron chi connectivity index (χ2n) is 27.4. The minimum absolute atomic E-state index is 0.899. The summed E-state index contributed by atoms with van der Waals surface area (Å²) in [4.78, 5) is 0. The van der Waals surface area contributed by atoms with Gasteiger partial charge >= 0.3 is 0 Å². The van der Waals surface area contributed by atoms with E-state index in [0.29, 0.717) is 0 Å². The second kappa shape index (κ2) is 21.7. The zero-order chi connectivity index (χ0) is 67.8. The van der Waals surface area contributed by atoms with E-state index in [0.717, 1.165) is 133 Å². The molecule has 104 heavy (non-hydrogen) atoms.